The van der Waals surface area contributed by atoms with Crippen LogP contribution in [0.4, 0.5) is 8.78 Å². The SMILES string of the molecule is Cc1nn(C)cc1CNC(=O)Cn1nc(C(F)F)c(Br)c1C. The predicted octanol–water partition coefficient (Wildman–Crippen LogP) is 2.25. The lowest BCUT2D eigenvalue weighted by Gasteiger charge is -2.06. The lowest BCUT2D eigenvalue weighted by atomic mass is 10.2. The van der Waals surface area contributed by atoms with Crippen molar-refractivity contribution < 1.29 is 13.6 Å². The summed E-state index contributed by atoms with van der Waals surface area (Å²) in [4.78, 5) is 11.9. The fourth-order valence-corrected chi connectivity index (χ4v) is 2.51. The maximum absolute atomic E-state index is 12.8. The van der Waals surface area contributed by atoms with E-state index in [4.69, 9.17) is 0 Å². The Morgan fingerprint density at radius 1 is 1.41 bits per heavy atom. The van der Waals surface area contributed by atoms with Gasteiger partial charge in [0.1, 0.15) is 12.2 Å². The summed E-state index contributed by atoms with van der Waals surface area (Å²) in [5, 5.41) is 10.7. The number of aryl methyl sites for hydroxylation is 2. The lowest BCUT2D eigenvalue weighted by molar-refractivity contribution is -0.122. The average molecular weight is 376 g/mol. The first-order chi connectivity index (χ1) is 10.3. The number of hydrogen-bond donors (Lipinski definition) is 1. The van der Waals surface area contributed by atoms with Crippen LogP contribution in [0.5, 0.6) is 0 Å². The number of nitrogens with zero attached hydrogens (tertiary/aromatic N) is 4. The van der Waals surface area contributed by atoms with Gasteiger partial charge in [-0.1, -0.05) is 0 Å². The third kappa shape index (κ3) is 3.52. The summed E-state index contributed by atoms with van der Waals surface area (Å²) >= 11 is 3.07. The van der Waals surface area contributed by atoms with Crippen LogP contribution in [0.25, 0.3) is 0 Å². The molecule has 2 rings (SSSR count). The maximum Gasteiger partial charge on any atom is 0.283 e. The highest BCUT2D eigenvalue weighted by molar-refractivity contribution is 9.10. The highest BCUT2D eigenvalue weighted by Gasteiger charge is 2.21. The van der Waals surface area contributed by atoms with Gasteiger partial charge in [0, 0.05) is 25.4 Å². The highest BCUT2D eigenvalue weighted by atomic mass is 79.9. The van der Waals surface area contributed by atoms with Crippen LogP contribution in [0.2, 0.25) is 0 Å². The van der Waals surface area contributed by atoms with Crippen molar-refractivity contribution in [3.8, 4) is 0 Å². The van der Waals surface area contributed by atoms with E-state index in [2.05, 4.69) is 31.4 Å². The van der Waals surface area contributed by atoms with E-state index in [9.17, 15) is 13.6 Å². The van der Waals surface area contributed by atoms with E-state index in [0.717, 1.165) is 11.3 Å². The van der Waals surface area contributed by atoms with Crippen molar-refractivity contribution in [1.29, 1.82) is 0 Å². The van der Waals surface area contributed by atoms with Crippen LogP contribution in [0.15, 0.2) is 10.7 Å². The topological polar surface area (TPSA) is 64.7 Å². The molecule has 0 bridgehead atoms. The monoisotopic (exact) mass is 375 g/mol. The number of halogens is 3. The van der Waals surface area contributed by atoms with E-state index in [1.54, 1.807) is 18.7 Å². The lowest BCUT2D eigenvalue weighted by Crippen LogP contribution is -2.28. The summed E-state index contributed by atoms with van der Waals surface area (Å²) in [6.45, 7) is 3.70. The van der Waals surface area contributed by atoms with Gasteiger partial charge in [-0.05, 0) is 29.8 Å². The van der Waals surface area contributed by atoms with Gasteiger partial charge >= 0.3 is 0 Å². The third-order valence-corrected chi connectivity index (χ3v) is 4.23. The van der Waals surface area contributed by atoms with Gasteiger partial charge in [-0.2, -0.15) is 10.2 Å². The third-order valence-electron chi connectivity index (χ3n) is 3.25. The molecule has 22 heavy (non-hydrogen) atoms. The molecular weight excluding hydrogens is 360 g/mol. The second kappa shape index (κ2) is 6.55. The Kier molecular flexibility index (Phi) is 4.94. The van der Waals surface area contributed by atoms with E-state index in [1.165, 1.54) is 4.68 Å². The summed E-state index contributed by atoms with van der Waals surface area (Å²) < 4.78 is 28.7. The molecule has 2 aromatic heterocycles. The number of nitrogens with one attached hydrogen (secondary N) is 1. The number of aromatic nitrogens is 4. The molecule has 0 atom stereocenters. The smallest absolute Gasteiger partial charge is 0.283 e. The molecule has 120 valence electrons. The molecule has 1 amide bonds. The molecule has 0 fully saturated rings. The van der Waals surface area contributed by atoms with Gasteiger partial charge in [0.15, 0.2) is 0 Å². The predicted molar refractivity (Wildman–Crippen MR) is 79.4 cm³/mol. The summed E-state index contributed by atoms with van der Waals surface area (Å²) in [6.07, 6.45) is -0.865. The van der Waals surface area contributed by atoms with Gasteiger partial charge in [-0.25, -0.2) is 8.78 Å². The molecule has 0 aromatic carbocycles. The van der Waals surface area contributed by atoms with Crippen LogP contribution in [-0.2, 0) is 24.9 Å². The molecule has 0 aliphatic heterocycles. The second-order valence-electron chi connectivity index (χ2n) is 4.93. The molecular formula is C13H16BrF2N5O. The minimum absolute atomic E-state index is 0.115. The molecule has 2 heterocycles. The van der Waals surface area contributed by atoms with Crippen LogP contribution < -0.4 is 5.32 Å². The number of hydrogen-bond acceptors (Lipinski definition) is 3. The summed E-state index contributed by atoms with van der Waals surface area (Å²) in [5.74, 6) is -0.304. The maximum atomic E-state index is 12.8. The van der Waals surface area contributed by atoms with E-state index in [-0.39, 0.29) is 22.6 Å². The van der Waals surface area contributed by atoms with Crippen LogP contribution >= 0.6 is 15.9 Å². The van der Waals surface area contributed by atoms with E-state index < -0.39 is 6.43 Å². The van der Waals surface area contributed by atoms with E-state index in [0.29, 0.717) is 12.2 Å². The van der Waals surface area contributed by atoms with Crippen LogP contribution in [0.3, 0.4) is 0 Å². The molecule has 0 unspecified atom stereocenters. The summed E-state index contributed by atoms with van der Waals surface area (Å²) in [5.41, 5.74) is 1.87. The number of carbonyl (C=O) groups excluding carboxylic acids is 1. The fourth-order valence-electron chi connectivity index (χ4n) is 2.05. The Morgan fingerprint density at radius 2 is 2.09 bits per heavy atom. The van der Waals surface area contributed by atoms with Gasteiger partial charge in [0.25, 0.3) is 6.43 Å². The molecule has 9 heteroatoms. The first-order valence-electron chi connectivity index (χ1n) is 6.56. The second-order valence-corrected chi connectivity index (χ2v) is 5.73. The zero-order valence-electron chi connectivity index (χ0n) is 12.4. The van der Waals surface area contributed by atoms with Gasteiger partial charge in [-0.15, -0.1) is 0 Å². The number of alkyl halides is 2. The van der Waals surface area contributed by atoms with Crippen LogP contribution in [-0.4, -0.2) is 25.5 Å². The molecule has 0 aliphatic rings. The Morgan fingerprint density at radius 3 is 2.59 bits per heavy atom. The molecule has 1 N–H and O–H groups in total. The zero-order chi connectivity index (χ0) is 16.4. The van der Waals surface area contributed by atoms with Gasteiger partial charge < -0.3 is 5.32 Å². The highest BCUT2D eigenvalue weighted by Crippen LogP contribution is 2.28. The minimum atomic E-state index is -2.68. The number of carbonyl (C=O) groups is 1. The van der Waals surface area contributed by atoms with Gasteiger partial charge in [0.05, 0.1) is 15.9 Å². The van der Waals surface area contributed by atoms with Crippen molar-refractivity contribution in [3.63, 3.8) is 0 Å². The van der Waals surface area contributed by atoms with Gasteiger partial charge in [0.2, 0.25) is 5.91 Å². The van der Waals surface area contributed by atoms with Crippen molar-refractivity contribution >= 4 is 21.8 Å². The first kappa shape index (κ1) is 16.6. The quantitative estimate of drug-likeness (QED) is 0.871. The van der Waals surface area contributed by atoms with Crippen molar-refractivity contribution in [2.75, 3.05) is 0 Å². The molecule has 0 saturated carbocycles. The van der Waals surface area contributed by atoms with Crippen molar-refractivity contribution in [3.05, 3.63) is 33.3 Å². The Bertz CT molecular complexity index is 695. The van der Waals surface area contributed by atoms with Gasteiger partial charge in [-0.3, -0.25) is 14.2 Å². The molecule has 0 radical (unpaired) electrons. The normalized spacial score (nSPS) is 11.2. The largest absolute Gasteiger partial charge is 0.350 e. The molecule has 6 nitrogen and oxygen atoms in total. The fraction of sp³-hybridized carbons (Fsp3) is 0.462. The van der Waals surface area contributed by atoms with Crippen molar-refractivity contribution in [2.24, 2.45) is 7.05 Å². The first-order valence-corrected chi connectivity index (χ1v) is 7.35. The molecule has 0 saturated heterocycles. The number of amides is 1. The van der Waals surface area contributed by atoms with E-state index in [1.807, 2.05) is 13.1 Å². The minimum Gasteiger partial charge on any atom is -0.350 e. The van der Waals surface area contributed by atoms with Crippen LogP contribution in [0, 0.1) is 13.8 Å². The molecule has 0 spiro atoms. The van der Waals surface area contributed by atoms with E-state index >= 15 is 0 Å². The molecule has 0 aliphatic carbocycles. The Labute approximate surface area is 134 Å². The Balaban J connectivity index is 2.00. The summed E-state index contributed by atoms with van der Waals surface area (Å²) in [7, 11) is 1.80. The zero-order valence-corrected chi connectivity index (χ0v) is 14.0. The standard InChI is InChI=1S/C13H16BrF2N5O/c1-7-9(5-20(3)18-7)4-17-10(22)6-21-8(2)11(14)12(19-21)13(15)16/h5,13H,4,6H2,1-3H3,(H,17,22). The van der Waals surface area contributed by atoms with Crippen molar-refractivity contribution in [2.45, 2.75) is 33.4 Å². The van der Waals surface area contributed by atoms with Crippen molar-refractivity contribution in [1.82, 2.24) is 24.9 Å². The Hall–Kier alpha value is -1.77. The molecule has 2 aromatic rings. The number of rotatable bonds is 5. The average Bonchev–Trinajstić information content (AvgIpc) is 2.90. The van der Waals surface area contributed by atoms with Crippen LogP contribution in [0.1, 0.15) is 29.1 Å². The summed E-state index contributed by atoms with van der Waals surface area (Å²) in [6, 6.07) is 0.